The number of benzene rings is 2. The summed E-state index contributed by atoms with van der Waals surface area (Å²) >= 11 is 1.46. The quantitative estimate of drug-likeness (QED) is 0.505. The van der Waals surface area contributed by atoms with E-state index in [-0.39, 0.29) is 6.03 Å². The van der Waals surface area contributed by atoms with Gasteiger partial charge in [-0.3, -0.25) is 0 Å². The summed E-state index contributed by atoms with van der Waals surface area (Å²) < 4.78 is 16.0. The number of carbonyl (C=O) groups is 1. The number of carbonyl (C=O) groups excluding carboxylic acids is 1. The first kappa shape index (κ1) is 22.2. The zero-order valence-electron chi connectivity index (χ0n) is 17.8. The highest BCUT2D eigenvalue weighted by Crippen LogP contribution is 2.38. The number of nitrogens with zero attached hydrogens (tertiary/aromatic N) is 2. The highest BCUT2D eigenvalue weighted by molar-refractivity contribution is 7.99. The first-order valence-electron chi connectivity index (χ1n) is 9.43. The lowest BCUT2D eigenvalue weighted by Crippen LogP contribution is -2.28. The van der Waals surface area contributed by atoms with E-state index in [9.17, 15) is 4.79 Å². The van der Waals surface area contributed by atoms with Crippen LogP contribution in [0.3, 0.4) is 0 Å². The molecule has 9 heteroatoms. The highest BCUT2D eigenvalue weighted by atomic mass is 32.2. The van der Waals surface area contributed by atoms with Crippen molar-refractivity contribution in [1.29, 1.82) is 0 Å². The van der Waals surface area contributed by atoms with E-state index >= 15 is 0 Å². The summed E-state index contributed by atoms with van der Waals surface area (Å²) in [4.78, 5) is 21.8. The van der Waals surface area contributed by atoms with Crippen LogP contribution in [0.25, 0.3) is 0 Å². The normalized spacial score (nSPS) is 10.3. The molecule has 0 saturated heterocycles. The SMILES string of the molecule is COc1cc(CNC(=O)Nc2ccc(Sc3ncccn3)cc2C)cc(OC)c1OC. The first-order valence-corrected chi connectivity index (χ1v) is 10.2. The number of anilines is 1. The summed E-state index contributed by atoms with van der Waals surface area (Å²) in [5.41, 5.74) is 2.47. The average molecular weight is 441 g/mol. The second-order valence-electron chi connectivity index (χ2n) is 6.45. The van der Waals surface area contributed by atoms with Gasteiger partial charge in [-0.05, 0) is 66.2 Å². The lowest BCUT2D eigenvalue weighted by atomic mass is 10.1. The van der Waals surface area contributed by atoms with E-state index in [4.69, 9.17) is 14.2 Å². The highest BCUT2D eigenvalue weighted by Gasteiger charge is 2.14. The van der Waals surface area contributed by atoms with Crippen molar-refractivity contribution < 1.29 is 19.0 Å². The monoisotopic (exact) mass is 440 g/mol. The molecule has 0 atom stereocenters. The van der Waals surface area contributed by atoms with Gasteiger partial charge in [0, 0.05) is 29.5 Å². The molecule has 1 heterocycles. The molecule has 0 aliphatic rings. The molecule has 0 saturated carbocycles. The van der Waals surface area contributed by atoms with Crippen LogP contribution in [0.4, 0.5) is 10.5 Å². The van der Waals surface area contributed by atoms with Crippen LogP contribution in [0.5, 0.6) is 17.2 Å². The molecule has 0 radical (unpaired) electrons. The van der Waals surface area contributed by atoms with Gasteiger partial charge in [0.15, 0.2) is 16.7 Å². The molecule has 31 heavy (non-hydrogen) atoms. The molecule has 1 aromatic heterocycles. The van der Waals surface area contributed by atoms with E-state index in [1.54, 1.807) is 51.9 Å². The number of urea groups is 1. The van der Waals surface area contributed by atoms with E-state index in [0.29, 0.717) is 28.9 Å². The molecule has 3 rings (SSSR count). The van der Waals surface area contributed by atoms with Gasteiger partial charge in [-0.1, -0.05) is 0 Å². The molecular weight excluding hydrogens is 416 g/mol. The molecule has 8 nitrogen and oxygen atoms in total. The van der Waals surface area contributed by atoms with Crippen molar-refractivity contribution in [2.45, 2.75) is 23.5 Å². The fourth-order valence-electron chi connectivity index (χ4n) is 2.87. The molecule has 0 aliphatic heterocycles. The Morgan fingerprint density at radius 3 is 2.26 bits per heavy atom. The maximum atomic E-state index is 12.4. The van der Waals surface area contributed by atoms with Gasteiger partial charge in [-0.2, -0.15) is 0 Å². The van der Waals surface area contributed by atoms with E-state index in [2.05, 4.69) is 20.6 Å². The summed E-state index contributed by atoms with van der Waals surface area (Å²) in [5, 5.41) is 6.39. The van der Waals surface area contributed by atoms with Crippen molar-refractivity contribution in [2.75, 3.05) is 26.6 Å². The molecule has 0 fully saturated rings. The zero-order valence-corrected chi connectivity index (χ0v) is 18.6. The predicted octanol–water partition coefficient (Wildman–Crippen LogP) is 4.28. The van der Waals surface area contributed by atoms with Crippen molar-refractivity contribution in [3.8, 4) is 17.2 Å². The minimum absolute atomic E-state index is 0.293. The maximum Gasteiger partial charge on any atom is 0.319 e. The van der Waals surface area contributed by atoms with Gasteiger partial charge in [-0.15, -0.1) is 0 Å². The molecule has 3 aromatic rings. The predicted molar refractivity (Wildman–Crippen MR) is 119 cm³/mol. The summed E-state index contributed by atoms with van der Waals surface area (Å²) in [6, 6.07) is 10.8. The summed E-state index contributed by atoms with van der Waals surface area (Å²) in [7, 11) is 4.65. The fraction of sp³-hybridized carbons (Fsp3) is 0.227. The molecule has 0 spiro atoms. The fourth-order valence-corrected chi connectivity index (χ4v) is 3.68. The van der Waals surface area contributed by atoms with Gasteiger partial charge in [-0.25, -0.2) is 14.8 Å². The number of hydrogen-bond acceptors (Lipinski definition) is 7. The van der Waals surface area contributed by atoms with Gasteiger partial charge in [0.2, 0.25) is 5.75 Å². The van der Waals surface area contributed by atoms with Crippen molar-refractivity contribution in [3.05, 3.63) is 59.9 Å². The number of amides is 2. The Hall–Kier alpha value is -3.46. The molecule has 0 unspecified atom stereocenters. The third-order valence-electron chi connectivity index (χ3n) is 4.37. The lowest BCUT2D eigenvalue weighted by molar-refractivity contribution is 0.251. The Labute approximate surface area is 185 Å². The van der Waals surface area contributed by atoms with Gasteiger partial charge >= 0.3 is 6.03 Å². The Morgan fingerprint density at radius 2 is 1.68 bits per heavy atom. The molecule has 0 aliphatic carbocycles. The summed E-state index contributed by atoms with van der Waals surface area (Å²) in [6.45, 7) is 2.23. The standard InChI is InChI=1S/C22H24N4O4S/c1-14-10-16(31-22-23-8-5-9-24-22)6-7-17(14)26-21(27)25-13-15-11-18(28-2)20(30-4)19(12-15)29-3/h5-12H,13H2,1-4H3,(H2,25,26,27). The maximum absolute atomic E-state index is 12.4. The van der Waals surface area contributed by atoms with E-state index in [1.165, 1.54) is 11.8 Å². The Balaban J connectivity index is 1.62. The van der Waals surface area contributed by atoms with E-state index in [0.717, 1.165) is 21.7 Å². The van der Waals surface area contributed by atoms with Gasteiger partial charge < -0.3 is 24.8 Å². The van der Waals surface area contributed by atoms with Gasteiger partial charge in [0.05, 0.1) is 21.3 Å². The Bertz CT molecular complexity index is 1020. The molecular formula is C22H24N4O4S. The minimum Gasteiger partial charge on any atom is -0.493 e. The van der Waals surface area contributed by atoms with Crippen molar-refractivity contribution in [3.63, 3.8) is 0 Å². The second kappa shape index (κ2) is 10.5. The smallest absolute Gasteiger partial charge is 0.319 e. The Morgan fingerprint density at radius 1 is 1.00 bits per heavy atom. The number of aromatic nitrogens is 2. The van der Waals surface area contributed by atoms with Gasteiger partial charge in [0.25, 0.3) is 0 Å². The lowest BCUT2D eigenvalue weighted by Gasteiger charge is -2.15. The number of ether oxygens (including phenoxy) is 3. The molecule has 0 bridgehead atoms. The van der Waals surface area contributed by atoms with Crippen molar-refractivity contribution in [1.82, 2.24) is 15.3 Å². The van der Waals surface area contributed by atoms with Crippen LogP contribution in [0.15, 0.2) is 58.8 Å². The molecule has 2 amide bonds. The molecule has 2 N–H and O–H groups in total. The van der Waals surface area contributed by atoms with Crippen LogP contribution < -0.4 is 24.8 Å². The number of rotatable bonds is 8. The number of nitrogens with one attached hydrogen (secondary N) is 2. The number of aryl methyl sites for hydroxylation is 1. The van der Waals surface area contributed by atoms with Crippen molar-refractivity contribution in [2.24, 2.45) is 0 Å². The van der Waals surface area contributed by atoms with Crippen LogP contribution in [-0.4, -0.2) is 37.3 Å². The molecule has 2 aromatic carbocycles. The van der Waals surface area contributed by atoms with E-state index < -0.39 is 0 Å². The number of methoxy groups -OCH3 is 3. The van der Waals surface area contributed by atoms with Crippen LogP contribution in [0.1, 0.15) is 11.1 Å². The summed E-state index contributed by atoms with van der Waals surface area (Å²) in [6.07, 6.45) is 3.41. The second-order valence-corrected chi connectivity index (χ2v) is 7.49. The Kier molecular flexibility index (Phi) is 7.55. The third kappa shape index (κ3) is 5.79. The van der Waals surface area contributed by atoms with Crippen LogP contribution in [0.2, 0.25) is 0 Å². The molecule has 162 valence electrons. The topological polar surface area (TPSA) is 94.6 Å². The summed E-state index contributed by atoms with van der Waals surface area (Å²) in [5.74, 6) is 1.57. The van der Waals surface area contributed by atoms with Crippen molar-refractivity contribution >= 4 is 23.5 Å². The largest absolute Gasteiger partial charge is 0.493 e. The van der Waals surface area contributed by atoms with Gasteiger partial charge in [0.1, 0.15) is 0 Å². The minimum atomic E-state index is -0.316. The van der Waals surface area contributed by atoms with Crippen LogP contribution in [-0.2, 0) is 6.54 Å². The number of hydrogen-bond donors (Lipinski definition) is 2. The third-order valence-corrected chi connectivity index (χ3v) is 5.26. The average Bonchev–Trinajstić information content (AvgIpc) is 2.79. The first-order chi connectivity index (χ1) is 15.0. The van der Waals surface area contributed by atoms with Crippen LogP contribution >= 0.6 is 11.8 Å². The van der Waals surface area contributed by atoms with E-state index in [1.807, 2.05) is 25.1 Å². The zero-order chi connectivity index (χ0) is 22.2. The van der Waals surface area contributed by atoms with Crippen LogP contribution in [0, 0.1) is 6.92 Å².